The molecule has 0 radical (unpaired) electrons. The highest BCUT2D eigenvalue weighted by atomic mass is 16.1. The van der Waals surface area contributed by atoms with Crippen LogP contribution in [-0.4, -0.2) is 11.8 Å². The van der Waals surface area contributed by atoms with E-state index in [9.17, 15) is 4.79 Å². The van der Waals surface area contributed by atoms with E-state index in [1.165, 1.54) is 69.8 Å². The number of hydrogen-bond acceptors (Lipinski definition) is 2. The molecule has 2 N–H and O–H groups in total. The molecule has 2 nitrogen and oxygen atoms in total. The van der Waals surface area contributed by atoms with E-state index in [0.29, 0.717) is 16.2 Å². The molecule has 0 aromatic carbocycles. The number of carbonyl (C=O) groups is 1. The van der Waals surface area contributed by atoms with Crippen molar-refractivity contribution in [2.24, 2.45) is 51.1 Å². The highest BCUT2D eigenvalue weighted by Crippen LogP contribution is 2.75. The van der Waals surface area contributed by atoms with Crippen molar-refractivity contribution in [2.75, 3.05) is 0 Å². The zero-order valence-corrected chi connectivity index (χ0v) is 23.1. The van der Waals surface area contributed by atoms with Gasteiger partial charge < -0.3 is 5.73 Å². The van der Waals surface area contributed by atoms with Crippen molar-refractivity contribution in [3.63, 3.8) is 0 Å². The normalized spacial score (nSPS) is 50.5. The fourth-order valence-electron chi connectivity index (χ4n) is 11.7. The van der Waals surface area contributed by atoms with Gasteiger partial charge in [-0.3, -0.25) is 4.79 Å². The number of fused-ring (bicyclic) bond motifs is 7. The number of hydrogen-bond donors (Lipinski definition) is 1. The summed E-state index contributed by atoms with van der Waals surface area (Å²) in [7, 11) is 0. The van der Waals surface area contributed by atoms with Crippen LogP contribution in [0.1, 0.15) is 112 Å². The predicted molar refractivity (Wildman–Crippen MR) is 145 cm³/mol. The second-order valence-corrected chi connectivity index (χ2v) is 15.0. The molecule has 6 unspecified atom stereocenters. The van der Waals surface area contributed by atoms with Gasteiger partial charge in [-0.2, -0.15) is 0 Å². The van der Waals surface area contributed by atoms with Crippen LogP contribution in [0.2, 0.25) is 0 Å². The van der Waals surface area contributed by atoms with Crippen LogP contribution < -0.4 is 5.73 Å². The number of carbonyl (C=O) groups excluding carboxylic acids is 1. The van der Waals surface area contributed by atoms with Gasteiger partial charge in [-0.25, -0.2) is 0 Å². The summed E-state index contributed by atoms with van der Waals surface area (Å²) in [6.45, 7) is 13.2. The van der Waals surface area contributed by atoms with Gasteiger partial charge in [0.25, 0.3) is 0 Å². The van der Waals surface area contributed by atoms with Gasteiger partial charge in [-0.15, -0.1) is 0 Å². The number of allylic oxidation sites excluding steroid dienone is 6. The molecule has 35 heavy (non-hydrogen) atoms. The monoisotopic (exact) mass is 475 g/mol. The van der Waals surface area contributed by atoms with E-state index < -0.39 is 0 Å². The average molecular weight is 476 g/mol. The Hall–Kier alpha value is -1.15. The second-order valence-electron chi connectivity index (χ2n) is 15.0. The van der Waals surface area contributed by atoms with Crippen LogP contribution in [0.25, 0.3) is 0 Å². The quantitative estimate of drug-likeness (QED) is 0.412. The summed E-state index contributed by atoms with van der Waals surface area (Å²) in [4.78, 5) is 11.3. The highest BCUT2D eigenvalue weighted by Gasteiger charge is 2.69. The van der Waals surface area contributed by atoms with Crippen LogP contribution in [0.3, 0.4) is 0 Å². The molecule has 0 heterocycles. The summed E-state index contributed by atoms with van der Waals surface area (Å²) < 4.78 is 0. The molecule has 0 spiro atoms. The SMILES string of the molecule is CC1(C)C(C2=CC=C(C=O)CC2)=CCC2(C)C1CCC1(C)C2CCC2[C@H]3CCCC3(N)CC[C@]21C. The minimum absolute atomic E-state index is 0.144. The van der Waals surface area contributed by atoms with Crippen molar-refractivity contribution in [1.29, 1.82) is 0 Å². The van der Waals surface area contributed by atoms with Crippen molar-refractivity contribution in [3.8, 4) is 0 Å². The van der Waals surface area contributed by atoms with E-state index in [2.05, 4.69) is 52.8 Å². The molecule has 192 valence electrons. The lowest BCUT2D eigenvalue weighted by Gasteiger charge is -2.72. The zero-order chi connectivity index (χ0) is 24.9. The van der Waals surface area contributed by atoms with Crippen molar-refractivity contribution in [1.82, 2.24) is 0 Å². The standard InChI is InChI=1S/C33H49NO/c1-29(2)24(23-10-8-22(21-35)9-11-23)14-17-30(3)27(29)15-18-32(5)28(30)13-12-25-26-7-6-16-33(26,34)20-19-31(25,32)4/h8,10,14,21,25-28H,6-7,9,11-13,15-20,34H2,1-5H3/t25?,26-,27?,28?,30?,31-,32?,33?/m1/s1. The Kier molecular flexibility index (Phi) is 5.31. The number of aldehydes is 1. The Morgan fingerprint density at radius 3 is 2.34 bits per heavy atom. The third-order valence-electron chi connectivity index (χ3n) is 13.7. The first-order chi connectivity index (χ1) is 16.5. The van der Waals surface area contributed by atoms with Gasteiger partial charge in [0.15, 0.2) is 0 Å². The molecule has 0 bridgehead atoms. The molecule has 2 heteroatoms. The lowest BCUT2D eigenvalue weighted by atomic mass is 9.33. The highest BCUT2D eigenvalue weighted by molar-refractivity contribution is 5.74. The maximum atomic E-state index is 11.3. The first kappa shape index (κ1) is 24.2. The van der Waals surface area contributed by atoms with Crippen molar-refractivity contribution in [3.05, 3.63) is 34.9 Å². The smallest absolute Gasteiger partial charge is 0.146 e. The second kappa shape index (κ2) is 7.68. The maximum absolute atomic E-state index is 11.3. The van der Waals surface area contributed by atoms with Gasteiger partial charge in [0.05, 0.1) is 0 Å². The lowest BCUT2D eigenvalue weighted by molar-refractivity contribution is -0.216. The van der Waals surface area contributed by atoms with Crippen LogP contribution in [0.5, 0.6) is 0 Å². The van der Waals surface area contributed by atoms with Crippen molar-refractivity contribution >= 4 is 6.29 Å². The Morgan fingerprint density at radius 1 is 0.829 bits per heavy atom. The Labute approximate surface area is 214 Å². The maximum Gasteiger partial charge on any atom is 0.146 e. The van der Waals surface area contributed by atoms with Gasteiger partial charge in [0.1, 0.15) is 6.29 Å². The van der Waals surface area contributed by atoms with E-state index >= 15 is 0 Å². The zero-order valence-electron chi connectivity index (χ0n) is 23.1. The fourth-order valence-corrected chi connectivity index (χ4v) is 11.7. The largest absolute Gasteiger partial charge is 0.325 e. The summed E-state index contributed by atoms with van der Waals surface area (Å²) >= 11 is 0. The Bertz CT molecular complexity index is 1020. The molecule has 0 aliphatic heterocycles. The topological polar surface area (TPSA) is 43.1 Å². The average Bonchev–Trinajstić information content (AvgIpc) is 3.21. The third-order valence-corrected chi connectivity index (χ3v) is 13.7. The van der Waals surface area contributed by atoms with Crippen LogP contribution in [-0.2, 0) is 4.79 Å². The van der Waals surface area contributed by atoms with Gasteiger partial charge >= 0.3 is 0 Å². The molecule has 4 saturated carbocycles. The van der Waals surface area contributed by atoms with Crippen molar-refractivity contribution in [2.45, 2.75) is 117 Å². The van der Waals surface area contributed by atoms with E-state index in [1.807, 2.05) is 0 Å². The van der Waals surface area contributed by atoms with Gasteiger partial charge in [0, 0.05) is 5.54 Å². The Morgan fingerprint density at radius 2 is 1.63 bits per heavy atom. The molecule has 0 amide bonds. The number of nitrogens with two attached hydrogens (primary N) is 1. The molecular weight excluding hydrogens is 426 g/mol. The van der Waals surface area contributed by atoms with Crippen LogP contribution in [0, 0.1) is 45.3 Å². The van der Waals surface area contributed by atoms with Gasteiger partial charge in [0.2, 0.25) is 0 Å². The van der Waals surface area contributed by atoms with E-state index in [1.54, 1.807) is 5.57 Å². The van der Waals surface area contributed by atoms with Crippen molar-refractivity contribution < 1.29 is 4.79 Å². The first-order valence-electron chi connectivity index (χ1n) is 14.8. The molecule has 0 aromatic rings. The minimum atomic E-state index is 0.144. The molecule has 0 aromatic heterocycles. The van der Waals surface area contributed by atoms with Crippen LogP contribution in [0.4, 0.5) is 0 Å². The van der Waals surface area contributed by atoms with E-state index in [0.717, 1.165) is 48.4 Å². The summed E-state index contributed by atoms with van der Waals surface area (Å²) in [5.41, 5.74) is 12.7. The van der Waals surface area contributed by atoms with Gasteiger partial charge in [-0.05, 0) is 133 Å². The minimum Gasteiger partial charge on any atom is -0.325 e. The summed E-state index contributed by atoms with van der Waals surface area (Å²) in [5.74, 6) is 3.13. The van der Waals surface area contributed by atoms with Gasteiger partial charge in [-0.1, -0.05) is 59.3 Å². The van der Waals surface area contributed by atoms with Crippen LogP contribution >= 0.6 is 0 Å². The fraction of sp³-hybridized carbons (Fsp3) is 0.788. The summed E-state index contributed by atoms with van der Waals surface area (Å²) in [5, 5.41) is 0. The summed E-state index contributed by atoms with van der Waals surface area (Å²) in [6.07, 6.45) is 23.3. The molecular formula is C33H49NO. The third kappa shape index (κ3) is 3.07. The Balaban J connectivity index is 1.35. The molecule has 8 atom stereocenters. The van der Waals surface area contributed by atoms with E-state index in [4.69, 9.17) is 5.73 Å². The van der Waals surface area contributed by atoms with Crippen LogP contribution in [0.15, 0.2) is 34.9 Å². The molecule has 4 fully saturated rings. The molecule has 6 rings (SSSR count). The van der Waals surface area contributed by atoms with E-state index in [-0.39, 0.29) is 11.0 Å². The lowest BCUT2D eigenvalue weighted by Crippen LogP contribution is -2.66. The summed E-state index contributed by atoms with van der Waals surface area (Å²) in [6, 6.07) is 0. The molecule has 6 aliphatic carbocycles. The number of rotatable bonds is 2. The first-order valence-corrected chi connectivity index (χ1v) is 14.8. The predicted octanol–water partition coefficient (Wildman–Crippen LogP) is 7.93. The molecule has 0 saturated heterocycles. The molecule has 6 aliphatic rings.